The molecule has 1 aliphatic heterocycles. The van der Waals surface area contributed by atoms with Crippen LogP contribution in [0.2, 0.25) is 5.15 Å². The molecule has 5 nitrogen and oxygen atoms in total. The van der Waals surface area contributed by atoms with Crippen molar-refractivity contribution in [1.82, 2.24) is 9.29 Å². The Morgan fingerprint density at radius 2 is 2.24 bits per heavy atom. The standard InChI is InChI=1S/C14H21ClN2O3S/c1-2-13(18)12-5-3-4-8-17(12)21(19,20)10-11-6-7-14(15)16-9-11/h6-7,9,12-13,18H,2-5,8,10H2,1H3. The van der Waals surface area contributed by atoms with Crippen molar-refractivity contribution in [2.75, 3.05) is 6.54 Å². The van der Waals surface area contributed by atoms with Gasteiger partial charge in [0.15, 0.2) is 0 Å². The van der Waals surface area contributed by atoms with E-state index in [2.05, 4.69) is 4.98 Å². The van der Waals surface area contributed by atoms with Gasteiger partial charge in [-0.1, -0.05) is 31.0 Å². The summed E-state index contributed by atoms with van der Waals surface area (Å²) in [7, 11) is -3.46. The lowest BCUT2D eigenvalue weighted by atomic mass is 9.98. The number of aliphatic hydroxyl groups excluding tert-OH is 1. The van der Waals surface area contributed by atoms with Gasteiger partial charge in [-0.2, -0.15) is 4.31 Å². The molecule has 1 aromatic rings. The lowest BCUT2D eigenvalue weighted by molar-refractivity contribution is 0.0666. The molecular weight excluding hydrogens is 312 g/mol. The SMILES string of the molecule is CCC(O)C1CCCCN1S(=O)(=O)Cc1ccc(Cl)nc1. The van der Waals surface area contributed by atoms with Crippen molar-refractivity contribution in [2.45, 2.75) is 50.5 Å². The van der Waals surface area contributed by atoms with Crippen LogP contribution in [0.3, 0.4) is 0 Å². The molecule has 2 unspecified atom stereocenters. The first-order valence-electron chi connectivity index (χ1n) is 7.22. The first-order valence-corrected chi connectivity index (χ1v) is 9.20. The Morgan fingerprint density at radius 1 is 1.48 bits per heavy atom. The molecule has 0 saturated carbocycles. The van der Waals surface area contributed by atoms with Crippen molar-refractivity contribution in [1.29, 1.82) is 0 Å². The minimum Gasteiger partial charge on any atom is -0.391 e. The van der Waals surface area contributed by atoms with Gasteiger partial charge in [-0.3, -0.25) is 0 Å². The van der Waals surface area contributed by atoms with E-state index in [9.17, 15) is 13.5 Å². The molecule has 2 heterocycles. The maximum absolute atomic E-state index is 12.6. The number of hydrogen-bond donors (Lipinski definition) is 1. The second-order valence-corrected chi connectivity index (χ2v) is 7.70. The van der Waals surface area contributed by atoms with Gasteiger partial charge in [-0.25, -0.2) is 13.4 Å². The third-order valence-electron chi connectivity index (χ3n) is 3.86. The Bertz CT molecular complexity index is 562. The number of nitrogens with zero attached hydrogens (tertiary/aromatic N) is 2. The highest BCUT2D eigenvalue weighted by atomic mass is 35.5. The van der Waals surface area contributed by atoms with Crippen molar-refractivity contribution < 1.29 is 13.5 Å². The van der Waals surface area contributed by atoms with Crippen molar-refractivity contribution in [3.8, 4) is 0 Å². The zero-order valence-electron chi connectivity index (χ0n) is 12.1. The van der Waals surface area contributed by atoms with Gasteiger partial charge in [-0.05, 0) is 30.9 Å². The molecule has 1 fully saturated rings. The summed E-state index contributed by atoms with van der Waals surface area (Å²) in [6, 6.07) is 2.94. The second-order valence-electron chi connectivity index (χ2n) is 5.39. The number of pyridine rings is 1. The van der Waals surface area contributed by atoms with E-state index < -0.39 is 16.1 Å². The molecule has 118 valence electrons. The summed E-state index contributed by atoms with van der Waals surface area (Å²) in [4.78, 5) is 3.91. The van der Waals surface area contributed by atoms with Crippen LogP contribution in [0.15, 0.2) is 18.3 Å². The van der Waals surface area contributed by atoms with Crippen LogP contribution in [0.1, 0.15) is 38.2 Å². The normalized spacial score (nSPS) is 22.1. The summed E-state index contributed by atoms with van der Waals surface area (Å²) < 4.78 is 26.7. The van der Waals surface area contributed by atoms with Crippen molar-refractivity contribution in [3.63, 3.8) is 0 Å². The summed E-state index contributed by atoms with van der Waals surface area (Å²) in [5.41, 5.74) is 0.606. The molecule has 21 heavy (non-hydrogen) atoms. The number of piperidine rings is 1. The molecule has 0 aliphatic carbocycles. The molecule has 0 bridgehead atoms. The first-order chi connectivity index (χ1) is 9.94. The van der Waals surface area contributed by atoms with Gasteiger partial charge in [0, 0.05) is 12.7 Å². The van der Waals surface area contributed by atoms with E-state index in [1.807, 2.05) is 6.92 Å². The third-order valence-corrected chi connectivity index (χ3v) is 5.95. The van der Waals surface area contributed by atoms with Gasteiger partial charge >= 0.3 is 0 Å². The molecule has 0 spiro atoms. The fraction of sp³-hybridized carbons (Fsp3) is 0.643. The zero-order valence-corrected chi connectivity index (χ0v) is 13.6. The largest absolute Gasteiger partial charge is 0.391 e. The maximum Gasteiger partial charge on any atom is 0.218 e. The molecule has 7 heteroatoms. The van der Waals surface area contributed by atoms with E-state index in [4.69, 9.17) is 11.6 Å². The number of halogens is 1. The fourth-order valence-electron chi connectivity index (χ4n) is 2.72. The lowest BCUT2D eigenvalue weighted by Crippen LogP contribution is -2.49. The van der Waals surface area contributed by atoms with Crippen LogP contribution in [0.25, 0.3) is 0 Å². The van der Waals surface area contributed by atoms with Crippen LogP contribution < -0.4 is 0 Å². The van der Waals surface area contributed by atoms with E-state index in [0.717, 1.165) is 12.8 Å². The summed E-state index contributed by atoms with van der Waals surface area (Å²) in [5.74, 6) is -0.107. The van der Waals surface area contributed by atoms with E-state index in [0.29, 0.717) is 30.1 Å². The van der Waals surface area contributed by atoms with Crippen LogP contribution in [-0.2, 0) is 15.8 Å². The summed E-state index contributed by atoms with van der Waals surface area (Å²) in [6.45, 7) is 2.35. The van der Waals surface area contributed by atoms with Gasteiger partial charge in [0.2, 0.25) is 10.0 Å². The van der Waals surface area contributed by atoms with Crippen LogP contribution in [-0.4, -0.2) is 41.5 Å². The average molecular weight is 333 g/mol. The van der Waals surface area contributed by atoms with Gasteiger partial charge in [0.25, 0.3) is 0 Å². The van der Waals surface area contributed by atoms with Gasteiger partial charge in [-0.15, -0.1) is 0 Å². The zero-order chi connectivity index (χ0) is 15.5. The molecule has 1 saturated heterocycles. The Kier molecular flexibility index (Phi) is 5.60. The third kappa shape index (κ3) is 4.16. The number of aromatic nitrogens is 1. The van der Waals surface area contributed by atoms with Crippen molar-refractivity contribution >= 4 is 21.6 Å². The number of aliphatic hydroxyl groups is 1. The van der Waals surface area contributed by atoms with E-state index >= 15 is 0 Å². The fourth-order valence-corrected chi connectivity index (χ4v) is 4.65. The Morgan fingerprint density at radius 3 is 2.86 bits per heavy atom. The van der Waals surface area contributed by atoms with Crippen molar-refractivity contribution in [2.24, 2.45) is 0 Å². The van der Waals surface area contributed by atoms with Crippen LogP contribution in [0.4, 0.5) is 0 Å². The highest BCUT2D eigenvalue weighted by Crippen LogP contribution is 2.26. The van der Waals surface area contributed by atoms with Crippen LogP contribution in [0.5, 0.6) is 0 Å². The summed E-state index contributed by atoms with van der Waals surface area (Å²) in [6.07, 6.45) is 3.94. The highest BCUT2D eigenvalue weighted by Gasteiger charge is 2.35. The molecule has 1 N–H and O–H groups in total. The molecule has 1 aliphatic rings. The molecule has 1 aromatic heterocycles. The Balaban J connectivity index is 2.18. The maximum atomic E-state index is 12.6. The van der Waals surface area contributed by atoms with E-state index in [1.54, 1.807) is 12.1 Å². The molecule has 0 amide bonds. The summed E-state index contributed by atoms with van der Waals surface area (Å²) >= 11 is 5.71. The first kappa shape index (κ1) is 16.7. The average Bonchev–Trinajstić information content (AvgIpc) is 2.48. The Labute approximate surface area is 131 Å². The van der Waals surface area contributed by atoms with Crippen molar-refractivity contribution in [3.05, 3.63) is 29.0 Å². The molecule has 2 atom stereocenters. The highest BCUT2D eigenvalue weighted by molar-refractivity contribution is 7.88. The smallest absolute Gasteiger partial charge is 0.218 e. The lowest BCUT2D eigenvalue weighted by Gasteiger charge is -2.37. The van der Waals surface area contributed by atoms with Crippen LogP contribution in [0, 0.1) is 0 Å². The minimum atomic E-state index is -3.46. The van der Waals surface area contributed by atoms with E-state index in [1.165, 1.54) is 10.5 Å². The molecule has 0 aromatic carbocycles. The predicted octanol–water partition coefficient (Wildman–Crippen LogP) is 2.19. The minimum absolute atomic E-state index is 0.107. The Hall–Kier alpha value is -0.690. The predicted molar refractivity (Wildman–Crippen MR) is 82.5 cm³/mol. The summed E-state index contributed by atoms with van der Waals surface area (Å²) in [5, 5.41) is 10.4. The topological polar surface area (TPSA) is 70.5 Å². The quantitative estimate of drug-likeness (QED) is 0.839. The molecule has 2 rings (SSSR count). The molecular formula is C14H21ClN2O3S. The number of hydrogen-bond acceptors (Lipinski definition) is 4. The van der Waals surface area contributed by atoms with E-state index in [-0.39, 0.29) is 11.8 Å². The number of sulfonamides is 1. The van der Waals surface area contributed by atoms with Crippen LogP contribution >= 0.6 is 11.6 Å². The van der Waals surface area contributed by atoms with Gasteiger partial charge in [0.1, 0.15) is 5.15 Å². The number of rotatable bonds is 5. The molecule has 0 radical (unpaired) electrons. The second kappa shape index (κ2) is 7.05. The monoisotopic (exact) mass is 332 g/mol. The van der Waals surface area contributed by atoms with Gasteiger partial charge < -0.3 is 5.11 Å². The van der Waals surface area contributed by atoms with Gasteiger partial charge in [0.05, 0.1) is 17.9 Å².